The summed E-state index contributed by atoms with van der Waals surface area (Å²) in [7, 11) is 0. The first-order valence-corrected chi connectivity index (χ1v) is 17.1. The Balaban J connectivity index is 1.21. The molecule has 7 aromatic carbocycles. The molecule has 246 valence electrons. The van der Waals surface area contributed by atoms with E-state index in [2.05, 4.69) is 72.8 Å². The molecule has 0 atom stereocenters. The topological polar surface area (TPSA) is 73.3 Å². The average Bonchev–Trinajstić information content (AvgIpc) is 3.77. The van der Waals surface area contributed by atoms with Gasteiger partial charge in [0.25, 0.3) is 0 Å². The third kappa shape index (κ3) is 4.88. The summed E-state index contributed by atoms with van der Waals surface area (Å²) in [6.07, 6.45) is 1.87. The standard InChI is InChI=1S/C46H29N3O3/c50-40-23-22-38-37-18-9-10-21-41(37)51-44(38)45(40)52-46-48-43-36(19-11-20-39(43)49(46)34-15-5-2-6-16-34)32-26-31(29-12-3-1-4-13-29)27-33(28-32)42-35-17-8-7-14-30(35)24-25-47-42/h1-28,50H. The van der Waals surface area contributed by atoms with Crippen LogP contribution in [0.2, 0.25) is 0 Å². The Morgan fingerprint density at radius 3 is 2.17 bits per heavy atom. The van der Waals surface area contributed by atoms with Crippen LogP contribution in [0.25, 0.3) is 82.9 Å². The van der Waals surface area contributed by atoms with E-state index in [1.165, 1.54) is 0 Å². The maximum atomic E-state index is 11.2. The van der Waals surface area contributed by atoms with E-state index >= 15 is 0 Å². The van der Waals surface area contributed by atoms with Crippen molar-refractivity contribution in [1.29, 1.82) is 0 Å². The molecule has 3 heterocycles. The fraction of sp³-hybridized carbons (Fsp3) is 0. The lowest BCUT2D eigenvalue weighted by molar-refractivity contribution is 0.388. The van der Waals surface area contributed by atoms with Gasteiger partial charge in [-0.05, 0) is 82.7 Å². The van der Waals surface area contributed by atoms with Crippen molar-refractivity contribution in [2.24, 2.45) is 0 Å². The molecule has 0 spiro atoms. The number of hydrogen-bond acceptors (Lipinski definition) is 5. The zero-order chi connectivity index (χ0) is 34.6. The highest BCUT2D eigenvalue weighted by molar-refractivity contribution is 6.07. The Morgan fingerprint density at radius 1 is 0.577 bits per heavy atom. The van der Waals surface area contributed by atoms with E-state index in [1.54, 1.807) is 6.07 Å². The van der Waals surface area contributed by atoms with Crippen LogP contribution < -0.4 is 4.74 Å². The molecule has 0 aliphatic carbocycles. The molecule has 10 rings (SSSR count). The minimum absolute atomic E-state index is 0.0405. The molecule has 0 bridgehead atoms. The summed E-state index contributed by atoms with van der Waals surface area (Å²) in [6.45, 7) is 0. The van der Waals surface area contributed by atoms with Crippen LogP contribution in [0.5, 0.6) is 17.5 Å². The number of benzene rings is 7. The van der Waals surface area contributed by atoms with Crippen LogP contribution in [0, 0.1) is 0 Å². The molecular weight excluding hydrogens is 643 g/mol. The molecule has 1 N–H and O–H groups in total. The van der Waals surface area contributed by atoms with E-state index in [-0.39, 0.29) is 11.5 Å². The van der Waals surface area contributed by atoms with Gasteiger partial charge in [0, 0.05) is 33.5 Å². The van der Waals surface area contributed by atoms with Crippen LogP contribution >= 0.6 is 0 Å². The van der Waals surface area contributed by atoms with Crippen LogP contribution in [-0.2, 0) is 0 Å². The van der Waals surface area contributed by atoms with Gasteiger partial charge in [-0.15, -0.1) is 0 Å². The molecule has 0 saturated heterocycles. The zero-order valence-electron chi connectivity index (χ0n) is 27.8. The van der Waals surface area contributed by atoms with E-state index in [9.17, 15) is 5.11 Å². The number of phenols is 1. The number of imidazole rings is 1. The second-order valence-electron chi connectivity index (χ2n) is 12.8. The van der Waals surface area contributed by atoms with Crippen molar-refractivity contribution in [3.8, 4) is 56.7 Å². The van der Waals surface area contributed by atoms with Gasteiger partial charge in [-0.1, -0.05) is 103 Å². The predicted molar refractivity (Wildman–Crippen MR) is 208 cm³/mol. The molecule has 0 amide bonds. The van der Waals surface area contributed by atoms with Gasteiger partial charge >= 0.3 is 6.01 Å². The maximum Gasteiger partial charge on any atom is 0.307 e. The summed E-state index contributed by atoms with van der Waals surface area (Å²) < 4.78 is 14.9. The summed E-state index contributed by atoms with van der Waals surface area (Å²) in [4.78, 5) is 10.1. The van der Waals surface area contributed by atoms with Crippen molar-refractivity contribution in [2.45, 2.75) is 0 Å². The fourth-order valence-corrected chi connectivity index (χ4v) is 7.22. The molecule has 0 saturated carbocycles. The smallest absolute Gasteiger partial charge is 0.307 e. The Labute approximate surface area is 298 Å². The van der Waals surface area contributed by atoms with E-state index in [4.69, 9.17) is 19.1 Å². The van der Waals surface area contributed by atoms with Crippen molar-refractivity contribution < 1.29 is 14.3 Å². The van der Waals surface area contributed by atoms with Gasteiger partial charge in [-0.3, -0.25) is 9.55 Å². The lowest BCUT2D eigenvalue weighted by Gasteiger charge is -2.13. The quantitative estimate of drug-likeness (QED) is 0.190. The number of nitrogens with zero attached hydrogens (tertiary/aromatic N) is 3. The Hall–Kier alpha value is -7.18. The lowest BCUT2D eigenvalue weighted by atomic mass is 9.93. The molecule has 0 unspecified atom stereocenters. The van der Waals surface area contributed by atoms with Crippen molar-refractivity contribution >= 4 is 43.7 Å². The molecule has 0 radical (unpaired) electrons. The van der Waals surface area contributed by atoms with E-state index in [1.807, 2.05) is 95.7 Å². The minimum atomic E-state index is -0.0405. The SMILES string of the molecule is Oc1ccc2c(oc3ccccc32)c1Oc1nc2c(-c3cc(-c4ccccc4)cc(-c4nccc5ccccc45)c3)cccc2n1-c1ccccc1. The summed E-state index contributed by atoms with van der Waals surface area (Å²) in [5.41, 5.74) is 9.65. The highest BCUT2D eigenvalue weighted by Crippen LogP contribution is 2.44. The number of fused-ring (bicyclic) bond motifs is 5. The first kappa shape index (κ1) is 29.7. The first-order valence-electron chi connectivity index (χ1n) is 17.1. The van der Waals surface area contributed by atoms with E-state index in [0.717, 1.165) is 71.8 Å². The second-order valence-corrected chi connectivity index (χ2v) is 12.8. The third-order valence-electron chi connectivity index (χ3n) is 9.64. The van der Waals surface area contributed by atoms with E-state index < -0.39 is 0 Å². The Kier molecular flexibility index (Phi) is 6.86. The number of furan rings is 1. The fourth-order valence-electron chi connectivity index (χ4n) is 7.22. The summed E-state index contributed by atoms with van der Waals surface area (Å²) in [6, 6.07) is 55.2. The number of aromatic hydroxyl groups is 1. The van der Waals surface area contributed by atoms with Gasteiger partial charge in [-0.2, -0.15) is 4.98 Å². The van der Waals surface area contributed by atoms with Crippen molar-refractivity contribution in [3.05, 3.63) is 170 Å². The molecule has 0 aliphatic heterocycles. The number of para-hydroxylation sites is 3. The number of hydrogen-bond donors (Lipinski definition) is 1. The third-order valence-corrected chi connectivity index (χ3v) is 9.64. The maximum absolute atomic E-state index is 11.2. The molecule has 10 aromatic rings. The summed E-state index contributed by atoms with van der Waals surface area (Å²) in [5, 5.41) is 15.2. The lowest BCUT2D eigenvalue weighted by Crippen LogP contribution is -1.98. The molecule has 52 heavy (non-hydrogen) atoms. The van der Waals surface area contributed by atoms with Gasteiger partial charge in [0.2, 0.25) is 5.75 Å². The molecule has 6 heteroatoms. The molecule has 3 aromatic heterocycles. The average molecular weight is 672 g/mol. The van der Waals surface area contributed by atoms with Gasteiger partial charge in [-0.25, -0.2) is 0 Å². The van der Waals surface area contributed by atoms with E-state index in [0.29, 0.717) is 17.2 Å². The van der Waals surface area contributed by atoms with Gasteiger partial charge < -0.3 is 14.3 Å². The molecular formula is C46H29N3O3. The van der Waals surface area contributed by atoms with Crippen molar-refractivity contribution in [1.82, 2.24) is 14.5 Å². The van der Waals surface area contributed by atoms with Gasteiger partial charge in [0.1, 0.15) is 11.1 Å². The van der Waals surface area contributed by atoms with Crippen LogP contribution in [-0.4, -0.2) is 19.6 Å². The summed E-state index contributed by atoms with van der Waals surface area (Å²) >= 11 is 0. The van der Waals surface area contributed by atoms with Crippen LogP contribution in [0.15, 0.2) is 174 Å². The Morgan fingerprint density at radius 2 is 1.31 bits per heavy atom. The van der Waals surface area contributed by atoms with Crippen LogP contribution in [0.4, 0.5) is 0 Å². The largest absolute Gasteiger partial charge is 0.504 e. The van der Waals surface area contributed by atoms with Crippen LogP contribution in [0.3, 0.4) is 0 Å². The highest BCUT2D eigenvalue weighted by Gasteiger charge is 2.23. The molecule has 0 fully saturated rings. The molecule has 6 nitrogen and oxygen atoms in total. The highest BCUT2D eigenvalue weighted by atomic mass is 16.5. The zero-order valence-corrected chi connectivity index (χ0v) is 27.8. The number of phenolic OH excluding ortho intramolecular Hbond substituents is 1. The number of aromatic nitrogens is 3. The second kappa shape index (κ2) is 12.0. The number of ether oxygens (including phenoxy) is 1. The Bertz CT molecular complexity index is 2940. The first-order chi connectivity index (χ1) is 25.7. The van der Waals surface area contributed by atoms with Gasteiger partial charge in [0.05, 0.1) is 16.9 Å². The normalized spacial score (nSPS) is 11.5. The van der Waals surface area contributed by atoms with Gasteiger partial charge in [0.15, 0.2) is 11.3 Å². The summed E-state index contributed by atoms with van der Waals surface area (Å²) in [5.74, 6) is 0.166. The minimum Gasteiger partial charge on any atom is -0.504 e. The van der Waals surface area contributed by atoms with Crippen LogP contribution in [0.1, 0.15) is 0 Å². The molecule has 0 aliphatic rings. The van der Waals surface area contributed by atoms with Crippen molar-refractivity contribution in [3.63, 3.8) is 0 Å². The van der Waals surface area contributed by atoms with Crippen molar-refractivity contribution in [2.75, 3.05) is 0 Å². The monoisotopic (exact) mass is 671 g/mol. The number of rotatable bonds is 6. The predicted octanol–water partition coefficient (Wildman–Crippen LogP) is 12.0. The number of pyridine rings is 1.